The Morgan fingerprint density at radius 1 is 1.07 bits per heavy atom. The molecule has 7 heteroatoms. The zero-order chi connectivity index (χ0) is 21.4. The van der Waals surface area contributed by atoms with Crippen LogP contribution in [0.5, 0.6) is 5.88 Å². The lowest BCUT2D eigenvalue weighted by Gasteiger charge is -2.39. The summed E-state index contributed by atoms with van der Waals surface area (Å²) in [5.74, 6) is 0.0325. The molecule has 0 fully saturated rings. The molecule has 2 heterocycles. The van der Waals surface area contributed by atoms with Crippen LogP contribution in [0.1, 0.15) is 28.5 Å². The van der Waals surface area contributed by atoms with Gasteiger partial charge in [-0.1, -0.05) is 18.5 Å². The van der Waals surface area contributed by atoms with Crippen molar-refractivity contribution in [1.29, 1.82) is 0 Å². The van der Waals surface area contributed by atoms with Crippen molar-refractivity contribution in [2.75, 3.05) is 23.6 Å². The van der Waals surface area contributed by atoms with Crippen LogP contribution in [-0.2, 0) is 6.42 Å². The molecule has 0 unspecified atom stereocenters. The lowest BCUT2D eigenvalue weighted by Crippen LogP contribution is -2.45. The van der Waals surface area contributed by atoms with Gasteiger partial charge >= 0.3 is 0 Å². The van der Waals surface area contributed by atoms with Crippen molar-refractivity contribution < 1.29 is 13.9 Å². The predicted octanol–water partition coefficient (Wildman–Crippen LogP) is 5.51. The number of methoxy groups -OCH3 is 1. The number of halogens is 2. The van der Waals surface area contributed by atoms with Gasteiger partial charge in [0.25, 0.3) is 5.91 Å². The average Bonchev–Trinajstić information content (AvgIpc) is 2.74. The minimum atomic E-state index is -0.301. The Morgan fingerprint density at radius 2 is 1.80 bits per heavy atom. The Bertz CT molecular complexity index is 1140. The summed E-state index contributed by atoms with van der Waals surface area (Å²) in [6.45, 7) is 4.09. The lowest BCUT2D eigenvalue weighted by atomic mass is 10.0. The number of fused-ring (bicyclic) bond motifs is 1. The van der Waals surface area contributed by atoms with E-state index in [0.717, 1.165) is 22.6 Å². The van der Waals surface area contributed by atoms with Crippen LogP contribution in [0.15, 0.2) is 48.5 Å². The molecule has 0 bridgehead atoms. The van der Waals surface area contributed by atoms with Gasteiger partial charge in [-0.2, -0.15) is 0 Å². The molecule has 154 valence electrons. The fourth-order valence-electron chi connectivity index (χ4n) is 3.75. The summed E-state index contributed by atoms with van der Waals surface area (Å²) in [5.41, 5.74) is 4.26. The van der Waals surface area contributed by atoms with Crippen molar-refractivity contribution >= 4 is 34.6 Å². The van der Waals surface area contributed by atoms with E-state index in [1.54, 1.807) is 36.3 Å². The summed E-state index contributed by atoms with van der Waals surface area (Å²) in [5, 5.41) is 0.475. The van der Waals surface area contributed by atoms with Crippen LogP contribution < -0.4 is 14.5 Å². The first kappa shape index (κ1) is 20.2. The van der Waals surface area contributed by atoms with E-state index >= 15 is 0 Å². The van der Waals surface area contributed by atoms with Gasteiger partial charge < -0.3 is 9.64 Å². The molecule has 1 aliphatic rings. The number of carbonyl (C=O) groups is 1. The first-order chi connectivity index (χ1) is 14.4. The fourth-order valence-corrected chi connectivity index (χ4v) is 3.92. The van der Waals surface area contributed by atoms with Gasteiger partial charge in [0.1, 0.15) is 12.5 Å². The van der Waals surface area contributed by atoms with E-state index in [1.807, 2.05) is 30.9 Å². The molecule has 30 heavy (non-hydrogen) atoms. The number of hydrogen-bond acceptors (Lipinski definition) is 4. The first-order valence-corrected chi connectivity index (χ1v) is 9.99. The number of hydrogen-bond donors (Lipinski definition) is 0. The maximum absolute atomic E-state index is 13.7. The predicted molar refractivity (Wildman–Crippen MR) is 117 cm³/mol. The summed E-state index contributed by atoms with van der Waals surface area (Å²) < 4.78 is 19.0. The molecule has 0 saturated carbocycles. The first-order valence-electron chi connectivity index (χ1n) is 9.62. The lowest BCUT2D eigenvalue weighted by molar-refractivity contribution is 0.0983. The van der Waals surface area contributed by atoms with E-state index in [9.17, 15) is 9.18 Å². The Morgan fingerprint density at radius 3 is 2.50 bits per heavy atom. The van der Waals surface area contributed by atoms with Crippen LogP contribution in [0.4, 0.5) is 21.5 Å². The van der Waals surface area contributed by atoms with Crippen molar-refractivity contribution in [2.45, 2.75) is 20.3 Å². The van der Waals surface area contributed by atoms with Crippen LogP contribution in [0.2, 0.25) is 5.02 Å². The number of rotatable bonds is 4. The van der Waals surface area contributed by atoms with Crippen molar-refractivity contribution in [2.24, 2.45) is 0 Å². The number of ether oxygens (including phenoxy) is 1. The smallest absolute Gasteiger partial charge is 0.261 e. The van der Waals surface area contributed by atoms with Gasteiger partial charge in [-0.05, 0) is 61.4 Å². The van der Waals surface area contributed by atoms with Gasteiger partial charge in [-0.15, -0.1) is 0 Å². The van der Waals surface area contributed by atoms with Crippen LogP contribution in [-0.4, -0.2) is 24.7 Å². The zero-order valence-corrected chi connectivity index (χ0v) is 17.7. The van der Waals surface area contributed by atoms with E-state index < -0.39 is 0 Å². The topological polar surface area (TPSA) is 45.7 Å². The Labute approximate surface area is 179 Å². The molecule has 3 aromatic rings. The van der Waals surface area contributed by atoms with Gasteiger partial charge in [-0.25, -0.2) is 9.37 Å². The van der Waals surface area contributed by atoms with E-state index in [0.29, 0.717) is 28.6 Å². The monoisotopic (exact) mass is 425 g/mol. The average molecular weight is 426 g/mol. The number of nitrogens with zero attached hydrogens (tertiary/aromatic N) is 3. The molecular weight excluding hydrogens is 405 g/mol. The second-order valence-corrected chi connectivity index (χ2v) is 7.50. The molecule has 4 rings (SSSR count). The molecule has 0 atom stereocenters. The second-order valence-electron chi connectivity index (χ2n) is 7.07. The highest BCUT2D eigenvalue weighted by Crippen LogP contribution is 2.39. The highest BCUT2D eigenvalue weighted by molar-refractivity contribution is 6.31. The summed E-state index contributed by atoms with van der Waals surface area (Å²) in [7, 11) is 1.56. The fraction of sp³-hybridized carbons (Fsp3) is 0.217. The molecule has 0 N–H and O–H groups in total. The highest BCUT2D eigenvalue weighted by atomic mass is 35.5. The summed E-state index contributed by atoms with van der Waals surface area (Å²) in [4.78, 5) is 21.6. The van der Waals surface area contributed by atoms with Crippen LogP contribution in [0.3, 0.4) is 0 Å². The van der Waals surface area contributed by atoms with Gasteiger partial charge in [0.05, 0.1) is 29.7 Å². The second kappa shape index (κ2) is 7.95. The molecule has 5 nitrogen and oxygen atoms in total. The minimum Gasteiger partial charge on any atom is -0.481 e. The standard InChI is InChI=1S/C23H21ClFN3O2/c1-4-18-21(9-10-22(26-18)30-3)28-13-27(19-8-6-16(25)11-14(19)2)20-7-5-15(24)12-17(20)23(28)29/h5-12H,4,13H2,1-3H3. The molecule has 0 spiro atoms. The Balaban J connectivity index is 1.88. The van der Waals surface area contributed by atoms with Gasteiger partial charge in [0.2, 0.25) is 5.88 Å². The number of aromatic nitrogens is 1. The summed E-state index contributed by atoms with van der Waals surface area (Å²) in [6.07, 6.45) is 0.633. The normalized spacial score (nSPS) is 13.4. The number of carbonyl (C=O) groups excluding carboxylic acids is 1. The number of amides is 1. The molecule has 1 amide bonds. The van der Waals surface area contributed by atoms with E-state index in [1.165, 1.54) is 12.1 Å². The number of anilines is 3. The molecular formula is C23H21ClFN3O2. The van der Waals surface area contributed by atoms with Crippen molar-refractivity contribution in [1.82, 2.24) is 4.98 Å². The molecule has 0 radical (unpaired) electrons. The van der Waals surface area contributed by atoms with Crippen LogP contribution in [0, 0.1) is 12.7 Å². The highest BCUT2D eigenvalue weighted by Gasteiger charge is 2.33. The Hall–Kier alpha value is -3.12. The molecule has 1 aliphatic heterocycles. The molecule has 1 aromatic heterocycles. The van der Waals surface area contributed by atoms with Crippen molar-refractivity contribution in [3.63, 3.8) is 0 Å². The SMILES string of the molecule is CCc1nc(OC)ccc1N1CN(c2ccc(F)cc2C)c2ccc(Cl)cc2C1=O. The van der Waals surface area contributed by atoms with Gasteiger partial charge in [0.15, 0.2) is 0 Å². The van der Waals surface area contributed by atoms with Crippen molar-refractivity contribution in [3.8, 4) is 5.88 Å². The maximum Gasteiger partial charge on any atom is 0.261 e. The molecule has 2 aromatic carbocycles. The van der Waals surface area contributed by atoms with Crippen LogP contribution in [0.25, 0.3) is 0 Å². The Kier molecular flexibility index (Phi) is 5.35. The number of aryl methyl sites for hydroxylation is 2. The van der Waals surface area contributed by atoms with Gasteiger partial charge in [-0.3, -0.25) is 9.69 Å². The van der Waals surface area contributed by atoms with E-state index in [2.05, 4.69) is 4.98 Å². The summed E-state index contributed by atoms with van der Waals surface area (Å²) in [6, 6.07) is 13.5. The third-order valence-corrected chi connectivity index (χ3v) is 5.45. The molecule has 0 saturated heterocycles. The summed E-state index contributed by atoms with van der Waals surface area (Å²) >= 11 is 6.21. The number of benzene rings is 2. The zero-order valence-electron chi connectivity index (χ0n) is 16.9. The number of pyridine rings is 1. The maximum atomic E-state index is 13.7. The third-order valence-electron chi connectivity index (χ3n) is 5.22. The minimum absolute atomic E-state index is 0.162. The third kappa shape index (κ3) is 3.48. The van der Waals surface area contributed by atoms with Gasteiger partial charge in [0, 0.05) is 16.8 Å². The molecule has 0 aliphatic carbocycles. The van der Waals surface area contributed by atoms with Crippen LogP contribution >= 0.6 is 11.6 Å². The van der Waals surface area contributed by atoms with Crippen molar-refractivity contribution in [3.05, 3.63) is 76.2 Å². The largest absolute Gasteiger partial charge is 0.481 e. The quantitative estimate of drug-likeness (QED) is 0.553. The van der Waals surface area contributed by atoms with E-state index in [-0.39, 0.29) is 18.4 Å². The van der Waals surface area contributed by atoms with E-state index in [4.69, 9.17) is 16.3 Å².